The molecule has 104 valence electrons. The molecule has 0 amide bonds. The van der Waals surface area contributed by atoms with Gasteiger partial charge in [-0.25, -0.2) is 0 Å². The third kappa shape index (κ3) is 2.31. The number of halogens is 1. The van der Waals surface area contributed by atoms with Gasteiger partial charge in [-0.1, -0.05) is 29.3 Å². The van der Waals surface area contributed by atoms with Crippen LogP contribution in [0.4, 0.5) is 0 Å². The number of rotatable bonds is 1. The first kappa shape index (κ1) is 13.4. The third-order valence-corrected chi connectivity index (χ3v) is 5.32. The van der Waals surface area contributed by atoms with Crippen molar-refractivity contribution in [2.45, 2.75) is 57.2 Å². The van der Waals surface area contributed by atoms with E-state index >= 15 is 0 Å². The summed E-state index contributed by atoms with van der Waals surface area (Å²) in [5.41, 5.74) is 0.799. The fourth-order valence-corrected chi connectivity index (χ4v) is 4.21. The lowest BCUT2D eigenvalue weighted by Gasteiger charge is -2.48. The molecule has 2 aliphatic rings. The van der Waals surface area contributed by atoms with Crippen molar-refractivity contribution in [2.75, 3.05) is 0 Å². The van der Waals surface area contributed by atoms with Crippen LogP contribution in [0, 0.1) is 5.92 Å². The lowest BCUT2D eigenvalue weighted by Crippen LogP contribution is -2.49. The average molecular weight is 325 g/mol. The number of fused-ring (bicyclic) bond motifs is 1. The number of hydrogen-bond acceptors (Lipinski definition) is 2. The number of aliphatic hydroxyl groups is 1. The minimum atomic E-state index is -0.395. The van der Waals surface area contributed by atoms with E-state index in [1.165, 1.54) is 19.3 Å². The largest absolute Gasteiger partial charge is 0.486 e. The standard InChI is InChI=1S/C16H21BrO2/c1-2-11-5-3-4-8-16(11)10-14(18)13-9-12(17)6-7-15(13)19-16/h6-7,9,11,14,18H,2-5,8,10H2,1H3/t11?,14-,16?/m1/s1. The minimum absolute atomic E-state index is 0.132. The van der Waals surface area contributed by atoms with Crippen molar-refractivity contribution in [2.24, 2.45) is 5.92 Å². The molecule has 1 aliphatic carbocycles. The number of ether oxygens (including phenoxy) is 1. The quantitative estimate of drug-likeness (QED) is 0.817. The number of benzene rings is 1. The molecule has 1 N–H and O–H groups in total. The van der Waals surface area contributed by atoms with Crippen LogP contribution in [-0.4, -0.2) is 10.7 Å². The predicted octanol–water partition coefficient (Wildman–Crippen LogP) is 4.60. The topological polar surface area (TPSA) is 29.5 Å². The molecule has 2 unspecified atom stereocenters. The third-order valence-electron chi connectivity index (χ3n) is 4.82. The van der Waals surface area contributed by atoms with E-state index in [-0.39, 0.29) is 5.60 Å². The fourth-order valence-electron chi connectivity index (χ4n) is 3.83. The van der Waals surface area contributed by atoms with Crippen LogP contribution in [0.3, 0.4) is 0 Å². The van der Waals surface area contributed by atoms with Gasteiger partial charge >= 0.3 is 0 Å². The Morgan fingerprint density at radius 2 is 2.26 bits per heavy atom. The van der Waals surface area contributed by atoms with E-state index in [4.69, 9.17) is 4.74 Å². The smallest absolute Gasteiger partial charge is 0.126 e. The highest BCUT2D eigenvalue weighted by molar-refractivity contribution is 9.10. The summed E-state index contributed by atoms with van der Waals surface area (Å²) in [7, 11) is 0. The molecule has 3 atom stereocenters. The first-order valence-corrected chi connectivity index (χ1v) is 8.10. The summed E-state index contributed by atoms with van der Waals surface area (Å²) >= 11 is 3.46. The van der Waals surface area contributed by atoms with Crippen molar-refractivity contribution in [3.63, 3.8) is 0 Å². The average Bonchev–Trinajstić information content (AvgIpc) is 2.40. The highest BCUT2D eigenvalue weighted by atomic mass is 79.9. The van der Waals surface area contributed by atoms with Gasteiger partial charge in [-0.05, 0) is 49.8 Å². The van der Waals surface area contributed by atoms with Crippen LogP contribution >= 0.6 is 15.9 Å². The summed E-state index contributed by atoms with van der Waals surface area (Å²) in [6.07, 6.45) is 6.32. The highest BCUT2D eigenvalue weighted by Gasteiger charge is 2.46. The molecular formula is C16H21BrO2. The molecule has 3 rings (SSSR count). The Labute approximate surface area is 123 Å². The van der Waals surface area contributed by atoms with Gasteiger partial charge in [0, 0.05) is 16.5 Å². The normalized spacial score (nSPS) is 33.8. The molecule has 1 fully saturated rings. The van der Waals surface area contributed by atoms with Crippen LogP contribution in [0.5, 0.6) is 5.75 Å². The van der Waals surface area contributed by atoms with Crippen molar-refractivity contribution in [1.82, 2.24) is 0 Å². The molecule has 0 saturated heterocycles. The maximum Gasteiger partial charge on any atom is 0.126 e. The lowest BCUT2D eigenvalue weighted by molar-refractivity contribution is -0.0782. The maximum absolute atomic E-state index is 10.5. The van der Waals surface area contributed by atoms with Gasteiger partial charge in [-0.3, -0.25) is 0 Å². The summed E-state index contributed by atoms with van der Waals surface area (Å²) < 4.78 is 7.41. The first-order valence-electron chi connectivity index (χ1n) is 7.31. The highest BCUT2D eigenvalue weighted by Crippen LogP contribution is 2.49. The second kappa shape index (κ2) is 5.10. The van der Waals surface area contributed by atoms with Crippen LogP contribution in [0.25, 0.3) is 0 Å². The van der Waals surface area contributed by atoms with E-state index < -0.39 is 6.10 Å². The Bertz CT molecular complexity index is 474. The predicted molar refractivity (Wildman–Crippen MR) is 79.3 cm³/mol. The zero-order chi connectivity index (χ0) is 13.5. The molecule has 0 radical (unpaired) electrons. The zero-order valence-corrected chi connectivity index (χ0v) is 12.9. The van der Waals surface area contributed by atoms with Crippen LogP contribution in [0.1, 0.15) is 57.1 Å². The van der Waals surface area contributed by atoms with Crippen LogP contribution in [0.15, 0.2) is 22.7 Å². The molecule has 1 aliphatic heterocycles. The van der Waals surface area contributed by atoms with Gasteiger partial charge in [0.15, 0.2) is 0 Å². The van der Waals surface area contributed by atoms with E-state index in [1.54, 1.807) is 0 Å². The molecule has 1 saturated carbocycles. The van der Waals surface area contributed by atoms with Crippen molar-refractivity contribution in [3.8, 4) is 5.75 Å². The monoisotopic (exact) mass is 324 g/mol. The van der Waals surface area contributed by atoms with Gasteiger partial charge in [-0.2, -0.15) is 0 Å². The molecule has 1 aromatic rings. The number of aliphatic hydroxyl groups excluding tert-OH is 1. The van der Waals surface area contributed by atoms with Gasteiger partial charge in [0.1, 0.15) is 11.4 Å². The summed E-state index contributed by atoms with van der Waals surface area (Å²) in [6, 6.07) is 5.97. The second-order valence-electron chi connectivity index (χ2n) is 5.92. The lowest BCUT2D eigenvalue weighted by atomic mass is 9.69. The molecule has 1 heterocycles. The Balaban J connectivity index is 1.97. The van der Waals surface area contributed by atoms with Crippen molar-refractivity contribution in [3.05, 3.63) is 28.2 Å². The summed E-state index contributed by atoms with van der Waals surface area (Å²) in [4.78, 5) is 0. The van der Waals surface area contributed by atoms with Crippen LogP contribution in [-0.2, 0) is 0 Å². The molecular weight excluding hydrogens is 304 g/mol. The summed E-state index contributed by atoms with van der Waals surface area (Å²) in [6.45, 7) is 2.24. The number of hydrogen-bond donors (Lipinski definition) is 1. The molecule has 0 bridgehead atoms. The zero-order valence-electron chi connectivity index (χ0n) is 11.4. The van der Waals surface area contributed by atoms with Gasteiger partial charge in [0.2, 0.25) is 0 Å². The maximum atomic E-state index is 10.5. The summed E-state index contributed by atoms with van der Waals surface area (Å²) in [5, 5.41) is 10.5. The molecule has 1 spiro atoms. The van der Waals surface area contributed by atoms with Gasteiger partial charge in [0.05, 0.1) is 6.10 Å². The Morgan fingerprint density at radius 1 is 1.42 bits per heavy atom. The van der Waals surface area contributed by atoms with E-state index in [9.17, 15) is 5.11 Å². The first-order chi connectivity index (χ1) is 9.14. The van der Waals surface area contributed by atoms with E-state index in [2.05, 4.69) is 22.9 Å². The van der Waals surface area contributed by atoms with E-state index in [0.717, 1.165) is 35.0 Å². The molecule has 1 aromatic carbocycles. The van der Waals surface area contributed by atoms with Crippen LogP contribution in [0.2, 0.25) is 0 Å². The van der Waals surface area contributed by atoms with Crippen LogP contribution < -0.4 is 4.74 Å². The Kier molecular flexibility index (Phi) is 3.61. The molecule has 19 heavy (non-hydrogen) atoms. The van der Waals surface area contributed by atoms with Crippen molar-refractivity contribution >= 4 is 15.9 Å². The van der Waals surface area contributed by atoms with Crippen molar-refractivity contribution in [1.29, 1.82) is 0 Å². The van der Waals surface area contributed by atoms with E-state index in [1.807, 2.05) is 18.2 Å². The van der Waals surface area contributed by atoms with Gasteiger partial charge in [0.25, 0.3) is 0 Å². The molecule has 0 aromatic heterocycles. The summed E-state index contributed by atoms with van der Waals surface area (Å²) in [5.74, 6) is 1.45. The van der Waals surface area contributed by atoms with E-state index in [0.29, 0.717) is 5.92 Å². The Hall–Kier alpha value is -0.540. The Morgan fingerprint density at radius 3 is 3.05 bits per heavy atom. The molecule has 3 heteroatoms. The fraction of sp³-hybridized carbons (Fsp3) is 0.625. The second-order valence-corrected chi connectivity index (χ2v) is 6.84. The van der Waals surface area contributed by atoms with Gasteiger partial charge < -0.3 is 9.84 Å². The molecule has 2 nitrogen and oxygen atoms in total. The minimum Gasteiger partial charge on any atom is -0.486 e. The van der Waals surface area contributed by atoms with Crippen molar-refractivity contribution < 1.29 is 9.84 Å². The SMILES string of the molecule is CCC1CCCCC12C[C@@H](O)c1cc(Br)ccc1O2. The van der Waals surface area contributed by atoms with Gasteiger partial charge in [-0.15, -0.1) is 0 Å².